The number of thioether (sulfide) groups is 1. The highest BCUT2D eigenvalue weighted by Crippen LogP contribution is 2.27. The minimum atomic E-state index is -0.487. The first-order valence-corrected chi connectivity index (χ1v) is 8.16. The van der Waals surface area contributed by atoms with Crippen LogP contribution in [0.15, 0.2) is 47.4 Å². The van der Waals surface area contributed by atoms with E-state index in [4.69, 9.17) is 23.8 Å². The summed E-state index contributed by atoms with van der Waals surface area (Å²) in [7, 11) is 0. The minimum Gasteiger partial charge on any atom is -0.332 e. The number of benzene rings is 2. The Morgan fingerprint density at radius 1 is 1.23 bits per heavy atom. The fraction of sp³-hybridized carbons (Fsp3) is 0.0714. The molecule has 2 N–H and O–H groups in total. The third-order valence-electron chi connectivity index (χ3n) is 2.76. The number of hydrogen-bond donors (Lipinski definition) is 2. The van der Waals surface area contributed by atoms with Crippen LogP contribution in [-0.4, -0.2) is 16.3 Å². The van der Waals surface area contributed by atoms with Gasteiger partial charge in [0.25, 0.3) is 5.69 Å². The number of nitrogens with one attached hydrogen (secondary N) is 2. The Morgan fingerprint density at radius 3 is 2.50 bits per heavy atom. The molecular weight excluding hydrogens is 342 g/mol. The van der Waals surface area contributed by atoms with Crippen LogP contribution in [0.1, 0.15) is 0 Å². The molecule has 2 aromatic carbocycles. The van der Waals surface area contributed by atoms with E-state index in [1.54, 1.807) is 11.8 Å². The van der Waals surface area contributed by atoms with E-state index in [-0.39, 0.29) is 5.69 Å². The van der Waals surface area contributed by atoms with E-state index < -0.39 is 4.92 Å². The van der Waals surface area contributed by atoms with Crippen LogP contribution in [0.5, 0.6) is 0 Å². The van der Waals surface area contributed by atoms with Crippen LogP contribution in [-0.2, 0) is 0 Å². The molecule has 0 spiro atoms. The average Bonchev–Trinajstić information content (AvgIpc) is 2.50. The lowest BCUT2D eigenvalue weighted by molar-refractivity contribution is -0.384. The summed E-state index contributed by atoms with van der Waals surface area (Å²) in [4.78, 5) is 11.4. The van der Waals surface area contributed by atoms with Gasteiger partial charge in [-0.1, -0.05) is 11.6 Å². The molecule has 0 heterocycles. The van der Waals surface area contributed by atoms with Gasteiger partial charge in [-0.25, -0.2) is 0 Å². The van der Waals surface area contributed by atoms with Gasteiger partial charge < -0.3 is 10.6 Å². The van der Waals surface area contributed by atoms with Crippen LogP contribution in [0, 0.1) is 10.1 Å². The molecule has 0 saturated carbocycles. The molecule has 114 valence electrons. The number of nitro benzene ring substituents is 1. The molecule has 0 unspecified atom stereocenters. The zero-order chi connectivity index (χ0) is 16.1. The second kappa shape index (κ2) is 7.44. The van der Waals surface area contributed by atoms with Gasteiger partial charge >= 0.3 is 0 Å². The molecule has 8 heteroatoms. The SMILES string of the molecule is CSc1ccc(NC(=S)Nc2cc([N+](=O)[O-])ccc2Cl)cc1. The number of nitrogens with zero attached hydrogens (tertiary/aromatic N) is 1. The molecular formula is C14H12ClN3O2S2. The van der Waals surface area contributed by atoms with E-state index in [1.807, 2.05) is 30.5 Å². The van der Waals surface area contributed by atoms with E-state index in [9.17, 15) is 10.1 Å². The highest BCUT2D eigenvalue weighted by molar-refractivity contribution is 7.98. The lowest BCUT2D eigenvalue weighted by Gasteiger charge is -2.12. The van der Waals surface area contributed by atoms with E-state index in [0.29, 0.717) is 15.8 Å². The lowest BCUT2D eigenvalue weighted by atomic mass is 10.3. The maximum absolute atomic E-state index is 10.8. The van der Waals surface area contributed by atoms with Gasteiger partial charge in [-0.15, -0.1) is 11.8 Å². The summed E-state index contributed by atoms with van der Waals surface area (Å²) in [6.07, 6.45) is 2.00. The average molecular weight is 354 g/mol. The fourth-order valence-electron chi connectivity index (χ4n) is 1.68. The summed E-state index contributed by atoms with van der Waals surface area (Å²) in [5, 5.41) is 17.3. The van der Waals surface area contributed by atoms with Gasteiger partial charge in [0.2, 0.25) is 0 Å². The monoisotopic (exact) mass is 353 g/mol. The normalized spacial score (nSPS) is 10.1. The maximum Gasteiger partial charge on any atom is 0.271 e. The van der Waals surface area contributed by atoms with Crippen LogP contribution >= 0.6 is 35.6 Å². The molecule has 0 aliphatic heterocycles. The van der Waals surface area contributed by atoms with E-state index in [0.717, 1.165) is 10.6 Å². The third-order valence-corrected chi connectivity index (χ3v) is 4.03. The molecule has 0 amide bonds. The standard InChI is InChI=1S/C14H12ClN3O2S2/c1-22-11-5-2-9(3-6-11)16-14(21)17-13-8-10(18(19)20)4-7-12(13)15/h2-8H,1H3,(H2,16,17,21). The molecule has 0 bridgehead atoms. The molecule has 0 atom stereocenters. The topological polar surface area (TPSA) is 67.2 Å². The van der Waals surface area contributed by atoms with Crippen LogP contribution in [0.25, 0.3) is 0 Å². The summed E-state index contributed by atoms with van der Waals surface area (Å²) in [6.45, 7) is 0. The summed E-state index contributed by atoms with van der Waals surface area (Å²) in [5.41, 5.74) is 1.14. The molecule has 0 aliphatic rings. The number of thiocarbonyl (C=S) groups is 1. The van der Waals surface area contributed by atoms with Crippen LogP contribution in [0.4, 0.5) is 17.1 Å². The van der Waals surface area contributed by atoms with Crippen molar-refractivity contribution >= 4 is 57.8 Å². The van der Waals surface area contributed by atoms with Crippen molar-refractivity contribution in [2.45, 2.75) is 4.90 Å². The first kappa shape index (κ1) is 16.5. The van der Waals surface area contributed by atoms with Gasteiger partial charge in [-0.2, -0.15) is 0 Å². The Morgan fingerprint density at radius 2 is 1.91 bits per heavy atom. The number of anilines is 2. The number of nitro groups is 1. The number of rotatable bonds is 4. The molecule has 0 fully saturated rings. The van der Waals surface area contributed by atoms with Gasteiger partial charge in [0, 0.05) is 22.7 Å². The highest BCUT2D eigenvalue weighted by Gasteiger charge is 2.10. The number of non-ortho nitro benzene ring substituents is 1. The zero-order valence-corrected chi connectivity index (χ0v) is 13.9. The second-order valence-corrected chi connectivity index (χ2v) is 5.92. The quantitative estimate of drug-likeness (QED) is 0.357. The molecule has 0 radical (unpaired) electrons. The smallest absolute Gasteiger partial charge is 0.271 e. The predicted octanol–water partition coefficient (Wildman–Crippen LogP) is 4.78. The second-order valence-electron chi connectivity index (χ2n) is 4.23. The Bertz CT molecular complexity index is 708. The summed E-state index contributed by atoms with van der Waals surface area (Å²) >= 11 is 12.9. The minimum absolute atomic E-state index is 0.0565. The van der Waals surface area contributed by atoms with Gasteiger partial charge in [0.1, 0.15) is 0 Å². The number of halogens is 1. The molecule has 2 rings (SSSR count). The van der Waals surface area contributed by atoms with Gasteiger partial charge in [-0.3, -0.25) is 10.1 Å². The van der Waals surface area contributed by atoms with Crippen LogP contribution < -0.4 is 10.6 Å². The van der Waals surface area contributed by atoms with Crippen molar-refractivity contribution in [3.63, 3.8) is 0 Å². The molecule has 5 nitrogen and oxygen atoms in total. The van der Waals surface area contributed by atoms with Gasteiger partial charge in [0.05, 0.1) is 15.6 Å². The summed E-state index contributed by atoms with van der Waals surface area (Å²) < 4.78 is 0. The Hall–Kier alpha value is -1.83. The Balaban J connectivity index is 2.08. The van der Waals surface area contributed by atoms with Crippen molar-refractivity contribution in [2.75, 3.05) is 16.9 Å². The van der Waals surface area contributed by atoms with Gasteiger partial charge in [-0.05, 0) is 48.8 Å². The van der Waals surface area contributed by atoms with Crippen molar-refractivity contribution < 1.29 is 4.92 Å². The fourth-order valence-corrected chi connectivity index (χ4v) is 2.48. The van der Waals surface area contributed by atoms with Crippen molar-refractivity contribution in [3.05, 3.63) is 57.6 Å². The van der Waals surface area contributed by atoms with Crippen molar-refractivity contribution in [1.29, 1.82) is 0 Å². The number of hydrogen-bond acceptors (Lipinski definition) is 4. The summed E-state index contributed by atoms with van der Waals surface area (Å²) in [5.74, 6) is 0. The maximum atomic E-state index is 10.8. The van der Waals surface area contributed by atoms with Gasteiger partial charge in [0.15, 0.2) is 5.11 Å². The Labute approximate surface area is 142 Å². The van der Waals surface area contributed by atoms with E-state index in [1.165, 1.54) is 18.2 Å². The van der Waals surface area contributed by atoms with Crippen molar-refractivity contribution in [3.8, 4) is 0 Å². The predicted molar refractivity (Wildman–Crippen MR) is 96.2 cm³/mol. The van der Waals surface area contributed by atoms with E-state index >= 15 is 0 Å². The molecule has 0 aromatic heterocycles. The molecule has 2 aromatic rings. The molecule has 0 aliphatic carbocycles. The third kappa shape index (κ3) is 4.33. The highest BCUT2D eigenvalue weighted by atomic mass is 35.5. The van der Waals surface area contributed by atoms with Crippen LogP contribution in [0.3, 0.4) is 0 Å². The first-order valence-electron chi connectivity index (χ1n) is 6.15. The first-order chi connectivity index (χ1) is 10.5. The Kier molecular flexibility index (Phi) is 5.59. The molecule has 22 heavy (non-hydrogen) atoms. The summed E-state index contributed by atoms with van der Waals surface area (Å²) in [6, 6.07) is 11.9. The zero-order valence-electron chi connectivity index (χ0n) is 11.5. The van der Waals surface area contributed by atoms with Crippen molar-refractivity contribution in [1.82, 2.24) is 0 Å². The largest absolute Gasteiger partial charge is 0.332 e. The van der Waals surface area contributed by atoms with Crippen molar-refractivity contribution in [2.24, 2.45) is 0 Å². The lowest BCUT2D eigenvalue weighted by Crippen LogP contribution is -2.19. The van der Waals surface area contributed by atoms with Crippen LogP contribution in [0.2, 0.25) is 5.02 Å². The molecule has 0 saturated heterocycles. The van der Waals surface area contributed by atoms with E-state index in [2.05, 4.69) is 10.6 Å².